The summed E-state index contributed by atoms with van der Waals surface area (Å²) in [6.45, 7) is 16.3. The highest BCUT2D eigenvalue weighted by Crippen LogP contribution is 2.39. The Kier molecular flexibility index (Phi) is 6.28. The summed E-state index contributed by atoms with van der Waals surface area (Å²) in [5, 5.41) is 0.266. The summed E-state index contributed by atoms with van der Waals surface area (Å²) in [6.07, 6.45) is 8.13. The van der Waals surface area contributed by atoms with Crippen LogP contribution in [0.15, 0.2) is 12.7 Å². The van der Waals surface area contributed by atoms with Gasteiger partial charge in [0.25, 0.3) is 0 Å². The van der Waals surface area contributed by atoms with Crippen LogP contribution in [0.25, 0.3) is 0 Å². The van der Waals surface area contributed by atoms with Crippen molar-refractivity contribution in [1.29, 1.82) is 0 Å². The standard InChI is InChI=1S/C16H32O2Si/c1-7-8-11-14-15(12-9-10-13-17-14)18-19(5,6)16(2,3)4/h7,14-15H,1,8-13H2,2-6H3/t14-,15+/m1/s1. The summed E-state index contributed by atoms with van der Waals surface area (Å²) in [4.78, 5) is 0. The molecule has 19 heavy (non-hydrogen) atoms. The van der Waals surface area contributed by atoms with Gasteiger partial charge in [0, 0.05) is 6.61 Å². The van der Waals surface area contributed by atoms with Gasteiger partial charge in [-0.05, 0) is 50.2 Å². The van der Waals surface area contributed by atoms with Crippen LogP contribution in [0.1, 0.15) is 52.9 Å². The molecule has 0 N–H and O–H groups in total. The van der Waals surface area contributed by atoms with E-state index in [0.717, 1.165) is 25.9 Å². The molecule has 0 saturated carbocycles. The van der Waals surface area contributed by atoms with Crippen LogP contribution in [0.4, 0.5) is 0 Å². The summed E-state index contributed by atoms with van der Waals surface area (Å²) in [7, 11) is -1.70. The zero-order valence-electron chi connectivity index (χ0n) is 13.5. The zero-order valence-corrected chi connectivity index (χ0v) is 14.5. The largest absolute Gasteiger partial charge is 0.411 e. The molecule has 1 heterocycles. The first-order chi connectivity index (χ1) is 8.78. The molecule has 0 amide bonds. The number of hydrogen-bond donors (Lipinski definition) is 0. The Balaban J connectivity index is 2.71. The SMILES string of the molecule is C=CCC[C@H]1OCCCC[C@@H]1O[Si](C)(C)C(C)(C)C. The Hall–Kier alpha value is -0.123. The molecule has 0 unspecified atom stereocenters. The number of ether oxygens (including phenoxy) is 1. The third-order valence-electron chi connectivity index (χ3n) is 4.54. The molecule has 0 aromatic rings. The molecule has 1 rings (SSSR count). The Morgan fingerprint density at radius 3 is 2.58 bits per heavy atom. The van der Waals surface area contributed by atoms with E-state index in [2.05, 4.69) is 40.4 Å². The first kappa shape index (κ1) is 16.9. The molecule has 0 bridgehead atoms. The molecule has 0 radical (unpaired) electrons. The molecule has 2 nitrogen and oxygen atoms in total. The second-order valence-corrected chi connectivity index (χ2v) is 11.9. The molecule has 1 saturated heterocycles. The molecule has 0 spiro atoms. The van der Waals surface area contributed by atoms with Gasteiger partial charge in [0.2, 0.25) is 0 Å². The fourth-order valence-electron chi connectivity index (χ4n) is 2.22. The fourth-order valence-corrected chi connectivity index (χ4v) is 3.60. The van der Waals surface area contributed by atoms with Gasteiger partial charge in [-0.3, -0.25) is 0 Å². The lowest BCUT2D eigenvalue weighted by molar-refractivity contribution is -0.0228. The van der Waals surface area contributed by atoms with E-state index in [1.54, 1.807) is 0 Å². The van der Waals surface area contributed by atoms with Crippen molar-refractivity contribution in [3.63, 3.8) is 0 Å². The summed E-state index contributed by atoms with van der Waals surface area (Å²) in [5.74, 6) is 0. The van der Waals surface area contributed by atoms with Gasteiger partial charge in [0.1, 0.15) is 0 Å². The van der Waals surface area contributed by atoms with Gasteiger partial charge in [-0.25, -0.2) is 0 Å². The maximum absolute atomic E-state index is 6.61. The van der Waals surface area contributed by atoms with Crippen molar-refractivity contribution in [2.24, 2.45) is 0 Å². The first-order valence-corrected chi connectivity index (χ1v) is 10.6. The molecule has 2 atom stereocenters. The van der Waals surface area contributed by atoms with Gasteiger partial charge in [-0.1, -0.05) is 26.8 Å². The molecule has 1 aliphatic rings. The molecule has 1 aliphatic heterocycles. The second-order valence-electron chi connectivity index (χ2n) is 7.19. The van der Waals surface area contributed by atoms with Crippen molar-refractivity contribution >= 4 is 8.32 Å². The van der Waals surface area contributed by atoms with Crippen molar-refractivity contribution in [3.05, 3.63) is 12.7 Å². The van der Waals surface area contributed by atoms with Gasteiger partial charge in [0.05, 0.1) is 12.2 Å². The lowest BCUT2D eigenvalue weighted by atomic mass is 10.0. The molecule has 3 heteroatoms. The summed E-state index contributed by atoms with van der Waals surface area (Å²) in [5.41, 5.74) is 0. The minimum atomic E-state index is -1.70. The predicted octanol–water partition coefficient (Wildman–Crippen LogP) is 4.91. The van der Waals surface area contributed by atoms with E-state index in [4.69, 9.17) is 9.16 Å². The van der Waals surface area contributed by atoms with E-state index in [-0.39, 0.29) is 17.2 Å². The highest BCUT2D eigenvalue weighted by molar-refractivity contribution is 6.74. The average Bonchev–Trinajstić information content (AvgIpc) is 2.50. The van der Waals surface area contributed by atoms with Gasteiger partial charge in [-0.15, -0.1) is 6.58 Å². The maximum Gasteiger partial charge on any atom is 0.192 e. The Labute approximate surface area is 120 Å². The highest BCUT2D eigenvalue weighted by Gasteiger charge is 2.41. The summed E-state index contributed by atoms with van der Waals surface area (Å²) < 4.78 is 12.6. The van der Waals surface area contributed by atoms with Crippen molar-refractivity contribution in [3.8, 4) is 0 Å². The average molecular weight is 285 g/mol. The van der Waals surface area contributed by atoms with Crippen molar-refractivity contribution in [2.45, 2.75) is 83.2 Å². The highest BCUT2D eigenvalue weighted by atomic mass is 28.4. The van der Waals surface area contributed by atoms with E-state index in [0.29, 0.717) is 0 Å². The third-order valence-corrected chi connectivity index (χ3v) is 9.04. The second kappa shape index (κ2) is 7.05. The van der Waals surface area contributed by atoms with E-state index >= 15 is 0 Å². The Morgan fingerprint density at radius 2 is 2.00 bits per heavy atom. The van der Waals surface area contributed by atoms with E-state index < -0.39 is 8.32 Å². The predicted molar refractivity (Wildman–Crippen MR) is 85.1 cm³/mol. The fraction of sp³-hybridized carbons (Fsp3) is 0.875. The van der Waals surface area contributed by atoms with E-state index in [1.807, 2.05) is 6.08 Å². The van der Waals surface area contributed by atoms with Gasteiger partial charge >= 0.3 is 0 Å². The van der Waals surface area contributed by atoms with Crippen LogP contribution in [0.2, 0.25) is 18.1 Å². The van der Waals surface area contributed by atoms with Crippen LogP contribution < -0.4 is 0 Å². The first-order valence-electron chi connectivity index (χ1n) is 7.68. The topological polar surface area (TPSA) is 18.5 Å². The van der Waals surface area contributed by atoms with Crippen molar-refractivity contribution < 1.29 is 9.16 Å². The van der Waals surface area contributed by atoms with Crippen LogP contribution in [0.5, 0.6) is 0 Å². The van der Waals surface area contributed by atoms with Crippen LogP contribution in [0, 0.1) is 0 Å². The number of allylic oxidation sites excluding steroid dienone is 1. The van der Waals surface area contributed by atoms with Crippen LogP contribution in [0.3, 0.4) is 0 Å². The van der Waals surface area contributed by atoms with Crippen LogP contribution in [-0.2, 0) is 9.16 Å². The lowest BCUT2D eigenvalue weighted by Crippen LogP contribution is -2.47. The molecule has 0 aromatic carbocycles. The molecular formula is C16H32O2Si. The Bertz CT molecular complexity index is 281. The van der Waals surface area contributed by atoms with Gasteiger partial charge in [-0.2, -0.15) is 0 Å². The van der Waals surface area contributed by atoms with E-state index in [9.17, 15) is 0 Å². The monoisotopic (exact) mass is 284 g/mol. The maximum atomic E-state index is 6.61. The molecule has 0 aromatic heterocycles. The van der Waals surface area contributed by atoms with Gasteiger partial charge < -0.3 is 9.16 Å². The van der Waals surface area contributed by atoms with Crippen molar-refractivity contribution in [1.82, 2.24) is 0 Å². The molecule has 0 aliphatic carbocycles. The zero-order chi connectivity index (χ0) is 14.5. The number of hydrogen-bond acceptors (Lipinski definition) is 2. The van der Waals surface area contributed by atoms with Crippen LogP contribution in [-0.4, -0.2) is 27.1 Å². The lowest BCUT2D eigenvalue weighted by Gasteiger charge is -2.41. The normalized spacial score (nSPS) is 25.9. The van der Waals surface area contributed by atoms with Crippen LogP contribution >= 0.6 is 0 Å². The summed E-state index contributed by atoms with van der Waals surface area (Å²) >= 11 is 0. The third kappa shape index (κ3) is 5.05. The smallest absolute Gasteiger partial charge is 0.192 e. The minimum Gasteiger partial charge on any atom is -0.411 e. The number of rotatable bonds is 5. The van der Waals surface area contributed by atoms with Gasteiger partial charge in [0.15, 0.2) is 8.32 Å². The minimum absolute atomic E-state index is 0.259. The molecule has 1 fully saturated rings. The van der Waals surface area contributed by atoms with E-state index in [1.165, 1.54) is 12.8 Å². The quantitative estimate of drug-likeness (QED) is 0.527. The summed E-state index contributed by atoms with van der Waals surface area (Å²) in [6, 6.07) is 0. The molecule has 112 valence electrons. The molecular weight excluding hydrogens is 252 g/mol. The van der Waals surface area contributed by atoms with Crippen molar-refractivity contribution in [2.75, 3.05) is 6.61 Å². The Morgan fingerprint density at radius 1 is 1.32 bits per heavy atom.